The molecule has 1 heterocycles. The van der Waals surface area contributed by atoms with Gasteiger partial charge in [0.2, 0.25) is 17.7 Å². The van der Waals surface area contributed by atoms with E-state index in [1.54, 1.807) is 0 Å². The number of halogens is 1. The van der Waals surface area contributed by atoms with Crippen molar-refractivity contribution < 1.29 is 28.7 Å². The molecule has 134 valence electrons. The molecule has 1 saturated heterocycles. The topological polar surface area (TPSA) is 116 Å². The second-order valence-electron chi connectivity index (χ2n) is 5.72. The van der Waals surface area contributed by atoms with Gasteiger partial charge in [-0.05, 0) is 31.2 Å². The zero-order valence-electron chi connectivity index (χ0n) is 13.5. The number of nitrogens with one attached hydrogen (secondary N) is 2. The molecule has 1 aliphatic heterocycles. The Kier molecular flexibility index (Phi) is 5.68. The Labute approximate surface area is 143 Å². The highest BCUT2D eigenvalue weighted by atomic mass is 19.1. The highest BCUT2D eigenvalue weighted by Crippen LogP contribution is 2.25. The summed E-state index contributed by atoms with van der Waals surface area (Å²) in [6.45, 7) is 1.00. The number of carboxylic acids is 1. The standard InChI is InChI=1S/C16H18FN3O5/c1-9(15(24)18-7-14(22)23)19-16(25)10-6-13(21)20(8-10)12-4-2-11(17)3-5-12/h2-5,9-10H,6-8H2,1H3,(H,18,24)(H,19,25)(H,22,23)/t9-,10?/m1/s1. The highest BCUT2D eigenvalue weighted by molar-refractivity contribution is 6.01. The summed E-state index contributed by atoms with van der Waals surface area (Å²) in [6.07, 6.45) is -0.0212. The number of amides is 3. The minimum atomic E-state index is -1.19. The molecule has 0 spiro atoms. The fourth-order valence-electron chi connectivity index (χ4n) is 2.47. The van der Waals surface area contributed by atoms with Crippen molar-refractivity contribution in [2.45, 2.75) is 19.4 Å². The van der Waals surface area contributed by atoms with E-state index in [1.165, 1.54) is 36.1 Å². The minimum Gasteiger partial charge on any atom is -0.480 e. The van der Waals surface area contributed by atoms with Crippen molar-refractivity contribution in [3.05, 3.63) is 30.1 Å². The van der Waals surface area contributed by atoms with E-state index in [0.717, 1.165) is 0 Å². The van der Waals surface area contributed by atoms with E-state index in [4.69, 9.17) is 5.11 Å². The molecule has 8 nitrogen and oxygen atoms in total. The van der Waals surface area contributed by atoms with Crippen LogP contribution in [0.15, 0.2) is 24.3 Å². The number of anilines is 1. The number of hydrogen-bond donors (Lipinski definition) is 3. The maximum absolute atomic E-state index is 13.0. The van der Waals surface area contributed by atoms with Gasteiger partial charge in [0.05, 0.1) is 5.92 Å². The average Bonchev–Trinajstić information content (AvgIpc) is 2.95. The van der Waals surface area contributed by atoms with Crippen LogP contribution in [0.25, 0.3) is 0 Å². The van der Waals surface area contributed by atoms with Crippen LogP contribution in [-0.2, 0) is 19.2 Å². The van der Waals surface area contributed by atoms with Gasteiger partial charge in [0.25, 0.3) is 0 Å². The van der Waals surface area contributed by atoms with Gasteiger partial charge >= 0.3 is 5.97 Å². The van der Waals surface area contributed by atoms with Crippen molar-refractivity contribution in [2.24, 2.45) is 5.92 Å². The van der Waals surface area contributed by atoms with Crippen molar-refractivity contribution >= 4 is 29.4 Å². The maximum atomic E-state index is 13.0. The Morgan fingerprint density at radius 2 is 1.96 bits per heavy atom. The number of benzene rings is 1. The molecule has 2 rings (SSSR count). The third-order valence-electron chi connectivity index (χ3n) is 3.80. The summed E-state index contributed by atoms with van der Waals surface area (Å²) >= 11 is 0. The summed E-state index contributed by atoms with van der Waals surface area (Å²) < 4.78 is 13.0. The van der Waals surface area contributed by atoms with Gasteiger partial charge in [-0.25, -0.2) is 4.39 Å². The smallest absolute Gasteiger partial charge is 0.322 e. The predicted molar refractivity (Wildman–Crippen MR) is 85.1 cm³/mol. The van der Waals surface area contributed by atoms with Gasteiger partial charge in [-0.2, -0.15) is 0 Å². The average molecular weight is 351 g/mol. The Morgan fingerprint density at radius 3 is 2.56 bits per heavy atom. The van der Waals surface area contributed by atoms with E-state index in [0.29, 0.717) is 5.69 Å². The fourth-order valence-corrected chi connectivity index (χ4v) is 2.47. The molecule has 1 fully saturated rings. The molecule has 9 heteroatoms. The van der Waals surface area contributed by atoms with E-state index in [1.807, 2.05) is 0 Å². The van der Waals surface area contributed by atoms with Crippen LogP contribution in [0.2, 0.25) is 0 Å². The quantitative estimate of drug-likeness (QED) is 0.661. The molecule has 0 aliphatic carbocycles. The van der Waals surface area contributed by atoms with Crippen molar-refractivity contribution in [2.75, 3.05) is 18.0 Å². The normalized spacial score (nSPS) is 17.9. The minimum absolute atomic E-state index is 0.0212. The summed E-state index contributed by atoms with van der Waals surface area (Å²) in [7, 11) is 0. The van der Waals surface area contributed by atoms with Crippen molar-refractivity contribution in [3.63, 3.8) is 0 Å². The maximum Gasteiger partial charge on any atom is 0.322 e. The van der Waals surface area contributed by atoms with Crippen LogP contribution in [0.5, 0.6) is 0 Å². The Hall–Kier alpha value is -2.97. The number of nitrogens with zero attached hydrogens (tertiary/aromatic N) is 1. The number of aliphatic carboxylic acids is 1. The van der Waals surface area contributed by atoms with Gasteiger partial charge in [0, 0.05) is 18.7 Å². The van der Waals surface area contributed by atoms with Gasteiger partial charge in [0.15, 0.2) is 0 Å². The Balaban J connectivity index is 1.92. The van der Waals surface area contributed by atoms with Crippen LogP contribution in [-0.4, -0.2) is 47.9 Å². The van der Waals surface area contributed by atoms with E-state index in [-0.39, 0.29) is 18.9 Å². The zero-order chi connectivity index (χ0) is 18.6. The summed E-state index contributed by atoms with van der Waals surface area (Å²) in [6, 6.07) is 4.43. The largest absolute Gasteiger partial charge is 0.480 e. The number of rotatable bonds is 6. The van der Waals surface area contributed by atoms with Crippen LogP contribution in [0.3, 0.4) is 0 Å². The first kappa shape index (κ1) is 18.4. The second kappa shape index (κ2) is 7.73. The third kappa shape index (κ3) is 4.75. The van der Waals surface area contributed by atoms with Gasteiger partial charge in [-0.15, -0.1) is 0 Å². The lowest BCUT2D eigenvalue weighted by atomic mass is 10.1. The molecular weight excluding hydrogens is 333 g/mol. The van der Waals surface area contributed by atoms with E-state index in [2.05, 4.69) is 10.6 Å². The highest BCUT2D eigenvalue weighted by Gasteiger charge is 2.36. The molecule has 2 atom stereocenters. The molecule has 25 heavy (non-hydrogen) atoms. The van der Waals surface area contributed by atoms with Gasteiger partial charge in [-0.3, -0.25) is 19.2 Å². The summed E-state index contributed by atoms with van der Waals surface area (Å²) in [5, 5.41) is 13.1. The SMILES string of the molecule is C[C@@H](NC(=O)C1CC(=O)N(c2ccc(F)cc2)C1)C(=O)NCC(=O)O. The van der Waals surface area contributed by atoms with E-state index < -0.39 is 42.1 Å². The Morgan fingerprint density at radius 1 is 1.32 bits per heavy atom. The molecule has 0 aromatic heterocycles. The predicted octanol–water partition coefficient (Wildman–Crippen LogP) is -0.116. The first-order valence-electron chi connectivity index (χ1n) is 7.63. The lowest BCUT2D eigenvalue weighted by Gasteiger charge is -2.18. The van der Waals surface area contributed by atoms with Crippen LogP contribution >= 0.6 is 0 Å². The van der Waals surface area contributed by atoms with Crippen LogP contribution in [0.4, 0.5) is 10.1 Å². The molecular formula is C16H18FN3O5. The van der Waals surface area contributed by atoms with Crippen molar-refractivity contribution in [3.8, 4) is 0 Å². The zero-order valence-corrected chi connectivity index (χ0v) is 13.5. The van der Waals surface area contributed by atoms with Crippen molar-refractivity contribution in [1.29, 1.82) is 0 Å². The molecule has 0 saturated carbocycles. The van der Waals surface area contributed by atoms with Crippen LogP contribution in [0.1, 0.15) is 13.3 Å². The van der Waals surface area contributed by atoms with Gasteiger partial charge in [0.1, 0.15) is 18.4 Å². The monoisotopic (exact) mass is 351 g/mol. The molecule has 3 amide bonds. The summed E-state index contributed by atoms with van der Waals surface area (Å²) in [5.74, 6) is -3.64. The van der Waals surface area contributed by atoms with E-state index >= 15 is 0 Å². The number of carbonyl (C=O) groups is 4. The number of carboxylic acid groups (broad SMARTS) is 1. The molecule has 1 unspecified atom stereocenters. The second-order valence-corrected chi connectivity index (χ2v) is 5.72. The lowest BCUT2D eigenvalue weighted by molar-refractivity contribution is -0.138. The molecule has 3 N–H and O–H groups in total. The first-order chi connectivity index (χ1) is 11.8. The summed E-state index contributed by atoms with van der Waals surface area (Å²) in [4.78, 5) is 47.8. The third-order valence-corrected chi connectivity index (χ3v) is 3.80. The van der Waals surface area contributed by atoms with Crippen LogP contribution < -0.4 is 15.5 Å². The molecule has 0 bridgehead atoms. The van der Waals surface area contributed by atoms with Crippen molar-refractivity contribution in [1.82, 2.24) is 10.6 Å². The molecule has 0 radical (unpaired) electrons. The molecule has 1 aromatic rings. The Bertz CT molecular complexity index is 692. The lowest BCUT2D eigenvalue weighted by Crippen LogP contribution is -2.48. The fraction of sp³-hybridized carbons (Fsp3) is 0.375. The first-order valence-corrected chi connectivity index (χ1v) is 7.63. The summed E-state index contributed by atoms with van der Waals surface area (Å²) in [5.41, 5.74) is 0.494. The number of carbonyl (C=O) groups excluding carboxylic acids is 3. The molecule has 1 aromatic carbocycles. The molecule has 1 aliphatic rings. The van der Waals surface area contributed by atoms with Gasteiger partial charge < -0.3 is 20.6 Å². The number of hydrogen-bond acceptors (Lipinski definition) is 4. The van der Waals surface area contributed by atoms with E-state index in [9.17, 15) is 23.6 Å². The van der Waals surface area contributed by atoms with Gasteiger partial charge in [-0.1, -0.05) is 0 Å². The van der Waals surface area contributed by atoms with Crippen LogP contribution in [0, 0.1) is 11.7 Å².